The third kappa shape index (κ3) is 2.13. The molecule has 0 heterocycles. The Morgan fingerprint density at radius 3 is 2.48 bits per heavy atom. The number of carbonyl (C=O) groups excluding carboxylic acids is 3. The highest BCUT2D eigenvalue weighted by Gasteiger charge is 2.64. The number of ketones is 2. The summed E-state index contributed by atoms with van der Waals surface area (Å²) in [5.74, 6) is -8.49. The molecule has 0 radical (unpaired) electrons. The van der Waals surface area contributed by atoms with E-state index in [1.54, 1.807) is 0 Å². The Hall–Kier alpha value is -3.43. The molecule has 29 heavy (non-hydrogen) atoms. The molecule has 1 amide bonds. The number of amides is 1. The fourth-order valence-corrected chi connectivity index (χ4v) is 4.59. The van der Waals surface area contributed by atoms with Gasteiger partial charge in [0.1, 0.15) is 22.8 Å². The van der Waals surface area contributed by atoms with Crippen LogP contribution in [-0.4, -0.2) is 54.7 Å². The minimum atomic E-state index is -2.85. The van der Waals surface area contributed by atoms with Gasteiger partial charge in [0.2, 0.25) is 5.78 Å². The van der Waals surface area contributed by atoms with Crippen molar-refractivity contribution in [2.45, 2.75) is 18.1 Å². The highest BCUT2D eigenvalue weighted by atomic mass is 16.4. The van der Waals surface area contributed by atoms with Crippen molar-refractivity contribution in [2.24, 2.45) is 17.6 Å². The topological polar surface area (TPSA) is 178 Å². The second kappa shape index (κ2) is 5.79. The molecular formula is C20H17NO8. The lowest BCUT2D eigenvalue weighted by Crippen LogP contribution is -2.63. The van der Waals surface area contributed by atoms with Gasteiger partial charge in [0.15, 0.2) is 11.4 Å². The van der Waals surface area contributed by atoms with E-state index in [1.165, 1.54) is 18.2 Å². The summed E-state index contributed by atoms with van der Waals surface area (Å²) >= 11 is 0. The quantitative estimate of drug-likeness (QED) is 0.353. The summed E-state index contributed by atoms with van der Waals surface area (Å²) in [6.45, 7) is 3.86. The number of nitrogens with two attached hydrogens (primary N) is 1. The van der Waals surface area contributed by atoms with Crippen molar-refractivity contribution >= 4 is 28.8 Å². The minimum absolute atomic E-state index is 0.114. The second-order valence-corrected chi connectivity index (χ2v) is 7.37. The van der Waals surface area contributed by atoms with E-state index in [-0.39, 0.29) is 22.4 Å². The molecule has 0 spiro atoms. The summed E-state index contributed by atoms with van der Waals surface area (Å²) in [7, 11) is 0. The van der Waals surface area contributed by atoms with Crippen molar-refractivity contribution in [2.75, 3.05) is 0 Å². The summed E-state index contributed by atoms with van der Waals surface area (Å²) < 4.78 is 0. The number of phenolic OH excluding ortho intramolecular Hbond substituents is 1. The van der Waals surface area contributed by atoms with Crippen LogP contribution in [0.25, 0.3) is 11.3 Å². The molecule has 3 aliphatic rings. The predicted octanol–water partition coefficient (Wildman–Crippen LogP) is -0.135. The molecule has 150 valence electrons. The number of aromatic hydroxyl groups is 1. The van der Waals surface area contributed by atoms with Crippen LogP contribution in [0.2, 0.25) is 0 Å². The van der Waals surface area contributed by atoms with Crippen LogP contribution < -0.4 is 5.73 Å². The van der Waals surface area contributed by atoms with E-state index < -0.39 is 70.1 Å². The number of hydrogen-bond acceptors (Lipinski definition) is 8. The molecule has 9 nitrogen and oxygen atoms in total. The molecule has 0 bridgehead atoms. The number of benzene rings is 1. The smallest absolute Gasteiger partial charge is 0.255 e. The Bertz CT molecular complexity index is 1100. The van der Waals surface area contributed by atoms with Crippen molar-refractivity contribution in [3.8, 4) is 5.75 Å². The van der Waals surface area contributed by atoms with Crippen LogP contribution >= 0.6 is 0 Å². The van der Waals surface area contributed by atoms with Gasteiger partial charge in [-0.25, -0.2) is 0 Å². The normalized spacial score (nSPS) is 31.4. The van der Waals surface area contributed by atoms with Crippen molar-refractivity contribution in [1.29, 1.82) is 0 Å². The standard InChI is InChI=1S/C20H17NO8/c1-6-7-3-2-4-9(22)12(7)16(25)14-11(6)15(24)8-5-10(23)13(19(21)28)17(26)20(8,29)18(14)27/h2-4,8,11,15,22,24-26,29H,1,5H2,(H2,21,28)/t8?,11?,15-,20-/m1/s1. The summed E-state index contributed by atoms with van der Waals surface area (Å²) in [6.07, 6.45) is -2.24. The molecule has 1 fully saturated rings. The molecule has 1 aromatic rings. The molecule has 1 saturated carbocycles. The molecule has 7 N–H and O–H groups in total. The average molecular weight is 399 g/mol. The van der Waals surface area contributed by atoms with Crippen molar-refractivity contribution in [3.05, 3.63) is 52.8 Å². The van der Waals surface area contributed by atoms with Gasteiger partial charge in [-0.1, -0.05) is 18.7 Å². The van der Waals surface area contributed by atoms with E-state index in [1.807, 2.05) is 0 Å². The lowest BCUT2D eigenvalue weighted by molar-refractivity contribution is -0.157. The third-order valence-electron chi connectivity index (χ3n) is 5.98. The number of Topliss-reactive ketones (excluding diaryl/α,β-unsaturated/α-hetero) is 2. The van der Waals surface area contributed by atoms with Gasteiger partial charge < -0.3 is 31.3 Å². The van der Waals surface area contributed by atoms with Gasteiger partial charge in [0.25, 0.3) is 5.91 Å². The van der Waals surface area contributed by atoms with E-state index in [2.05, 4.69) is 6.58 Å². The van der Waals surface area contributed by atoms with Crippen molar-refractivity contribution < 1.29 is 39.9 Å². The number of aliphatic hydroxyl groups is 4. The van der Waals surface area contributed by atoms with E-state index in [9.17, 15) is 39.9 Å². The van der Waals surface area contributed by atoms with Gasteiger partial charge in [-0.15, -0.1) is 0 Å². The van der Waals surface area contributed by atoms with Gasteiger partial charge in [0.05, 0.1) is 17.2 Å². The number of rotatable bonds is 1. The predicted molar refractivity (Wildman–Crippen MR) is 98.1 cm³/mol. The maximum Gasteiger partial charge on any atom is 0.255 e. The van der Waals surface area contributed by atoms with Crippen molar-refractivity contribution in [3.63, 3.8) is 0 Å². The zero-order valence-corrected chi connectivity index (χ0v) is 14.9. The molecular weight excluding hydrogens is 382 g/mol. The van der Waals surface area contributed by atoms with Crippen LogP contribution in [0.15, 0.2) is 41.7 Å². The number of primary amides is 1. The van der Waals surface area contributed by atoms with E-state index in [0.717, 1.165) is 0 Å². The Morgan fingerprint density at radius 2 is 1.86 bits per heavy atom. The highest BCUT2D eigenvalue weighted by Crippen LogP contribution is 2.54. The first-order chi connectivity index (χ1) is 13.5. The van der Waals surface area contributed by atoms with E-state index in [0.29, 0.717) is 0 Å². The molecule has 3 aliphatic carbocycles. The monoisotopic (exact) mass is 399 g/mol. The first-order valence-corrected chi connectivity index (χ1v) is 8.70. The summed E-state index contributed by atoms with van der Waals surface area (Å²) in [5.41, 5.74) is 1.19. The fourth-order valence-electron chi connectivity index (χ4n) is 4.59. The summed E-state index contributed by atoms with van der Waals surface area (Å²) in [5, 5.41) is 53.4. The fraction of sp³-hybridized carbons (Fsp3) is 0.250. The Labute approximate surface area is 163 Å². The van der Waals surface area contributed by atoms with Crippen LogP contribution in [0.1, 0.15) is 17.5 Å². The number of hydrogen-bond donors (Lipinski definition) is 6. The molecule has 4 atom stereocenters. The van der Waals surface area contributed by atoms with Crippen LogP contribution in [0.5, 0.6) is 5.75 Å². The maximum absolute atomic E-state index is 13.3. The zero-order valence-electron chi connectivity index (χ0n) is 14.9. The van der Waals surface area contributed by atoms with Gasteiger partial charge in [0, 0.05) is 18.3 Å². The molecule has 9 heteroatoms. The number of aliphatic hydroxyl groups excluding tert-OH is 3. The SMILES string of the molecule is C=C1c2cccc(O)c2C(O)=C2C(=O)[C@]3(O)C(O)=C(C(N)=O)C(=O)CC3[C@@H](O)C12. The number of phenols is 1. The number of fused-ring (bicyclic) bond motifs is 3. The maximum atomic E-state index is 13.3. The number of carbonyl (C=O) groups is 3. The van der Waals surface area contributed by atoms with Crippen LogP contribution in [0.3, 0.4) is 0 Å². The minimum Gasteiger partial charge on any atom is -0.508 e. The average Bonchev–Trinajstić information content (AvgIpc) is 2.65. The van der Waals surface area contributed by atoms with Crippen molar-refractivity contribution in [1.82, 2.24) is 0 Å². The largest absolute Gasteiger partial charge is 0.508 e. The first kappa shape index (κ1) is 18.9. The summed E-state index contributed by atoms with van der Waals surface area (Å²) in [4.78, 5) is 37.1. The van der Waals surface area contributed by atoms with Gasteiger partial charge in [-0.2, -0.15) is 0 Å². The molecule has 0 aliphatic heterocycles. The Kier molecular flexibility index (Phi) is 3.77. The Balaban J connectivity index is 2.03. The zero-order chi connectivity index (χ0) is 21.4. The van der Waals surface area contributed by atoms with Crippen LogP contribution in [0.4, 0.5) is 0 Å². The summed E-state index contributed by atoms with van der Waals surface area (Å²) in [6, 6.07) is 4.28. The lowest BCUT2D eigenvalue weighted by Gasteiger charge is -2.49. The molecule has 4 rings (SSSR count). The van der Waals surface area contributed by atoms with Gasteiger partial charge in [-0.05, 0) is 17.2 Å². The third-order valence-corrected chi connectivity index (χ3v) is 5.98. The van der Waals surface area contributed by atoms with Crippen LogP contribution in [-0.2, 0) is 14.4 Å². The highest BCUT2D eigenvalue weighted by molar-refractivity contribution is 6.23. The first-order valence-electron chi connectivity index (χ1n) is 8.70. The molecule has 1 aromatic carbocycles. The van der Waals surface area contributed by atoms with E-state index in [4.69, 9.17) is 5.73 Å². The lowest BCUT2D eigenvalue weighted by atomic mass is 9.57. The van der Waals surface area contributed by atoms with E-state index >= 15 is 0 Å². The molecule has 0 aromatic heterocycles. The van der Waals surface area contributed by atoms with Crippen LogP contribution in [0, 0.1) is 11.8 Å². The molecule has 2 unspecified atom stereocenters. The van der Waals surface area contributed by atoms with Gasteiger partial charge >= 0.3 is 0 Å². The Morgan fingerprint density at radius 1 is 1.21 bits per heavy atom. The molecule has 0 saturated heterocycles. The van der Waals surface area contributed by atoms with Gasteiger partial charge in [-0.3, -0.25) is 14.4 Å². The second-order valence-electron chi connectivity index (χ2n) is 7.37.